The predicted octanol–water partition coefficient (Wildman–Crippen LogP) is 2.20. The summed E-state index contributed by atoms with van der Waals surface area (Å²) in [5.41, 5.74) is 0.897. The van der Waals surface area contributed by atoms with Crippen molar-refractivity contribution in [1.82, 2.24) is 20.3 Å². The number of rotatable bonds is 6. The van der Waals surface area contributed by atoms with E-state index in [9.17, 15) is 9.90 Å². The topological polar surface area (TPSA) is 121 Å². The molecule has 0 spiro atoms. The Balaban J connectivity index is 1.51. The maximum absolute atomic E-state index is 12.5. The van der Waals surface area contributed by atoms with Crippen LogP contribution in [0.3, 0.4) is 0 Å². The van der Waals surface area contributed by atoms with E-state index in [1.807, 2.05) is 0 Å². The Morgan fingerprint density at radius 2 is 2.00 bits per heavy atom. The fourth-order valence-electron chi connectivity index (χ4n) is 3.67. The summed E-state index contributed by atoms with van der Waals surface area (Å²) in [5, 5.41) is 19.5. The molecule has 0 saturated carbocycles. The van der Waals surface area contributed by atoms with E-state index >= 15 is 0 Å². The van der Waals surface area contributed by atoms with Crippen molar-refractivity contribution in [3.05, 3.63) is 28.6 Å². The van der Waals surface area contributed by atoms with Crippen LogP contribution in [-0.4, -0.2) is 64.9 Å². The number of aliphatic hydroxyl groups excluding tert-OH is 1. The Kier molecular flexibility index (Phi) is 7.19. The molecular weight excluding hydrogens is 443 g/mol. The van der Waals surface area contributed by atoms with Crippen molar-refractivity contribution in [3.63, 3.8) is 0 Å². The van der Waals surface area contributed by atoms with Crippen LogP contribution >= 0.6 is 23.2 Å². The number of β-amino-alcohol motifs (C(OH)–C–C–N with tert-alkyl or cyclic N) is 1. The number of ether oxygens (including phenoxy) is 1. The van der Waals surface area contributed by atoms with Crippen LogP contribution in [0.1, 0.15) is 12.8 Å². The molecule has 4 heterocycles. The van der Waals surface area contributed by atoms with Gasteiger partial charge >= 0.3 is 0 Å². The minimum atomic E-state index is -0.731. The highest BCUT2D eigenvalue weighted by atomic mass is 35.5. The molecule has 166 valence electrons. The summed E-state index contributed by atoms with van der Waals surface area (Å²) in [6.07, 6.45) is 4.29. The van der Waals surface area contributed by atoms with Gasteiger partial charge in [-0.25, -0.2) is 15.0 Å². The molecule has 2 fully saturated rings. The fourth-order valence-corrected chi connectivity index (χ4v) is 4.06. The van der Waals surface area contributed by atoms with Crippen LogP contribution in [0.15, 0.2) is 18.5 Å². The molecule has 0 aromatic carbocycles. The standard InChI is InChI=1S/C20H24Cl2N6O3/c21-14-8-25-16(28-20(30)13-7-23-9-15(13)29)5-12(14)18-19(22)26-10-17(27-18)24-6-11-1-3-31-4-2-11/h5,8,10-11,13,15,23,29H,1-4,6-7,9H2,(H,24,27)(H,25,28,30)/t13-,15-/m0/s1. The molecule has 1 amide bonds. The number of nitrogens with one attached hydrogen (secondary N) is 3. The molecular formula is C20H24Cl2N6O3. The lowest BCUT2D eigenvalue weighted by Gasteiger charge is -2.22. The van der Waals surface area contributed by atoms with Crippen molar-refractivity contribution in [2.75, 3.05) is 43.5 Å². The first kappa shape index (κ1) is 22.2. The van der Waals surface area contributed by atoms with Gasteiger partial charge in [0, 0.05) is 44.6 Å². The summed E-state index contributed by atoms with van der Waals surface area (Å²) in [6.45, 7) is 3.11. The highest BCUT2D eigenvalue weighted by molar-refractivity contribution is 6.35. The van der Waals surface area contributed by atoms with Gasteiger partial charge in [-0.1, -0.05) is 23.2 Å². The number of carbonyl (C=O) groups excluding carboxylic acids is 1. The third-order valence-electron chi connectivity index (χ3n) is 5.52. The van der Waals surface area contributed by atoms with E-state index in [4.69, 9.17) is 27.9 Å². The van der Waals surface area contributed by atoms with Crippen molar-refractivity contribution in [3.8, 4) is 11.3 Å². The minimum absolute atomic E-state index is 0.192. The SMILES string of the molecule is O=C(Nc1cc(-c2nc(NCC3CCOCC3)cnc2Cl)c(Cl)cn1)[C@H]1CNC[C@@H]1O. The summed E-state index contributed by atoms with van der Waals surface area (Å²) in [4.78, 5) is 25.4. The molecule has 0 radical (unpaired) electrons. The predicted molar refractivity (Wildman–Crippen MR) is 118 cm³/mol. The lowest BCUT2D eigenvalue weighted by Crippen LogP contribution is -2.31. The van der Waals surface area contributed by atoms with Crippen molar-refractivity contribution in [2.45, 2.75) is 18.9 Å². The molecule has 9 nitrogen and oxygen atoms in total. The van der Waals surface area contributed by atoms with Crippen LogP contribution in [-0.2, 0) is 9.53 Å². The molecule has 2 aliphatic rings. The average Bonchev–Trinajstić information content (AvgIpc) is 3.21. The molecule has 0 aliphatic carbocycles. The Morgan fingerprint density at radius 3 is 2.74 bits per heavy atom. The first-order chi connectivity index (χ1) is 15.0. The van der Waals surface area contributed by atoms with Crippen molar-refractivity contribution in [2.24, 2.45) is 11.8 Å². The third kappa shape index (κ3) is 5.42. The van der Waals surface area contributed by atoms with Crippen LogP contribution < -0.4 is 16.0 Å². The maximum atomic E-state index is 12.5. The van der Waals surface area contributed by atoms with Crippen molar-refractivity contribution >= 4 is 40.7 Å². The quantitative estimate of drug-likeness (QED) is 0.511. The Morgan fingerprint density at radius 1 is 1.19 bits per heavy atom. The van der Waals surface area contributed by atoms with E-state index in [1.54, 1.807) is 12.3 Å². The van der Waals surface area contributed by atoms with Crippen molar-refractivity contribution < 1.29 is 14.6 Å². The smallest absolute Gasteiger partial charge is 0.232 e. The Labute approximate surface area is 189 Å². The largest absolute Gasteiger partial charge is 0.391 e. The second-order valence-corrected chi connectivity index (χ2v) is 8.47. The number of amides is 1. The van der Waals surface area contributed by atoms with Crippen LogP contribution in [0.2, 0.25) is 10.2 Å². The molecule has 4 rings (SSSR count). The molecule has 2 atom stereocenters. The summed E-state index contributed by atoms with van der Waals surface area (Å²) >= 11 is 12.7. The van der Waals surface area contributed by atoms with Crippen LogP contribution in [0, 0.1) is 11.8 Å². The molecule has 11 heteroatoms. The Hall–Kier alpha value is -2.04. The number of carbonyl (C=O) groups is 1. The average molecular weight is 467 g/mol. The van der Waals surface area contributed by atoms with E-state index in [1.165, 1.54) is 6.20 Å². The lowest BCUT2D eigenvalue weighted by molar-refractivity contribution is -0.121. The van der Waals surface area contributed by atoms with Crippen LogP contribution in [0.4, 0.5) is 11.6 Å². The number of hydrogen-bond acceptors (Lipinski definition) is 8. The van der Waals surface area contributed by atoms with E-state index in [0.29, 0.717) is 46.9 Å². The molecule has 2 saturated heterocycles. The first-order valence-corrected chi connectivity index (χ1v) is 11.0. The molecule has 4 N–H and O–H groups in total. The Bertz CT molecular complexity index is 941. The number of halogens is 2. The number of aliphatic hydroxyl groups is 1. The van der Waals surface area contributed by atoms with Gasteiger partial charge in [-0.2, -0.15) is 0 Å². The number of nitrogens with zero attached hydrogens (tertiary/aromatic N) is 3. The monoisotopic (exact) mass is 466 g/mol. The number of anilines is 2. The number of hydrogen-bond donors (Lipinski definition) is 4. The maximum Gasteiger partial charge on any atom is 0.232 e. The van der Waals surface area contributed by atoms with E-state index in [-0.39, 0.29) is 11.1 Å². The number of aromatic nitrogens is 3. The van der Waals surface area contributed by atoms with Gasteiger partial charge in [-0.3, -0.25) is 4.79 Å². The third-order valence-corrected chi connectivity index (χ3v) is 6.10. The summed E-state index contributed by atoms with van der Waals surface area (Å²) in [7, 11) is 0. The van der Waals surface area contributed by atoms with Gasteiger partial charge in [0.15, 0.2) is 5.15 Å². The second kappa shape index (κ2) is 10.1. The van der Waals surface area contributed by atoms with Gasteiger partial charge in [0.2, 0.25) is 5.91 Å². The van der Waals surface area contributed by atoms with E-state index in [2.05, 4.69) is 30.9 Å². The van der Waals surface area contributed by atoms with Gasteiger partial charge in [0.05, 0.1) is 23.2 Å². The van der Waals surface area contributed by atoms with Gasteiger partial charge < -0.3 is 25.8 Å². The molecule has 31 heavy (non-hydrogen) atoms. The molecule has 2 aliphatic heterocycles. The normalized spacial score (nSPS) is 21.8. The van der Waals surface area contributed by atoms with E-state index < -0.39 is 12.0 Å². The fraction of sp³-hybridized carbons (Fsp3) is 0.500. The van der Waals surface area contributed by atoms with Crippen LogP contribution in [0.5, 0.6) is 0 Å². The van der Waals surface area contributed by atoms with Gasteiger partial charge in [0.1, 0.15) is 17.3 Å². The summed E-state index contributed by atoms with van der Waals surface area (Å²) in [5.74, 6) is 0.539. The summed E-state index contributed by atoms with van der Waals surface area (Å²) in [6, 6.07) is 1.60. The van der Waals surface area contributed by atoms with E-state index in [0.717, 1.165) is 32.6 Å². The first-order valence-electron chi connectivity index (χ1n) is 10.2. The zero-order valence-corrected chi connectivity index (χ0v) is 18.3. The highest BCUT2D eigenvalue weighted by Crippen LogP contribution is 2.33. The molecule has 2 aromatic heterocycles. The molecule has 2 aromatic rings. The van der Waals surface area contributed by atoms with Gasteiger partial charge in [-0.05, 0) is 24.8 Å². The van der Waals surface area contributed by atoms with Crippen LogP contribution in [0.25, 0.3) is 11.3 Å². The van der Waals surface area contributed by atoms with Crippen molar-refractivity contribution in [1.29, 1.82) is 0 Å². The van der Waals surface area contributed by atoms with Gasteiger partial charge in [-0.15, -0.1) is 0 Å². The zero-order chi connectivity index (χ0) is 21.8. The summed E-state index contributed by atoms with van der Waals surface area (Å²) < 4.78 is 5.39. The molecule has 0 unspecified atom stereocenters. The number of pyridine rings is 1. The zero-order valence-electron chi connectivity index (χ0n) is 16.8. The molecule has 0 bridgehead atoms. The lowest BCUT2D eigenvalue weighted by atomic mass is 10.0. The minimum Gasteiger partial charge on any atom is -0.391 e. The highest BCUT2D eigenvalue weighted by Gasteiger charge is 2.31. The van der Waals surface area contributed by atoms with Gasteiger partial charge in [0.25, 0.3) is 0 Å². The second-order valence-electron chi connectivity index (χ2n) is 7.70.